The van der Waals surface area contributed by atoms with Gasteiger partial charge in [0.05, 0.1) is 12.8 Å². The summed E-state index contributed by atoms with van der Waals surface area (Å²) >= 11 is 0. The quantitative estimate of drug-likeness (QED) is 0.573. The Morgan fingerprint density at radius 1 is 1.37 bits per heavy atom. The smallest absolute Gasteiger partial charge is 0.168 e. The van der Waals surface area contributed by atoms with Crippen molar-refractivity contribution in [1.29, 1.82) is 0 Å². The fourth-order valence-electron chi connectivity index (χ4n) is 2.24. The molecular formula is C16H21NO2. The Labute approximate surface area is 114 Å². The second-order valence-electron chi connectivity index (χ2n) is 4.97. The third-order valence-electron chi connectivity index (χ3n) is 3.28. The summed E-state index contributed by atoms with van der Waals surface area (Å²) in [6.45, 7) is 2.71. The number of allylic oxidation sites excluding steroid dienone is 2. The molecule has 3 heteroatoms. The second kappa shape index (κ2) is 7.07. The second-order valence-corrected chi connectivity index (χ2v) is 4.97. The van der Waals surface area contributed by atoms with Crippen LogP contribution in [0.4, 0.5) is 0 Å². The number of pyridine rings is 1. The predicted octanol–water partition coefficient (Wildman–Crippen LogP) is 3.94. The highest BCUT2D eigenvalue weighted by Crippen LogP contribution is 2.22. The summed E-state index contributed by atoms with van der Waals surface area (Å²) < 4.78 is 5.51. The summed E-state index contributed by atoms with van der Waals surface area (Å²) in [4.78, 5) is 16.3. The number of hydrogen-bond donors (Lipinski definition) is 0. The highest BCUT2D eigenvalue weighted by Gasteiger charge is 2.12. The van der Waals surface area contributed by atoms with E-state index in [0.717, 1.165) is 19.3 Å². The van der Waals surface area contributed by atoms with Crippen molar-refractivity contribution < 1.29 is 9.53 Å². The van der Waals surface area contributed by atoms with Crippen LogP contribution in [-0.4, -0.2) is 17.4 Å². The van der Waals surface area contributed by atoms with E-state index in [1.807, 2.05) is 0 Å². The Morgan fingerprint density at radius 2 is 2.26 bits per heavy atom. The Bertz CT molecular complexity index is 466. The van der Waals surface area contributed by atoms with Crippen molar-refractivity contribution in [3.05, 3.63) is 35.7 Å². The normalized spacial score (nSPS) is 14.9. The first-order valence-electron chi connectivity index (χ1n) is 7.08. The van der Waals surface area contributed by atoms with Gasteiger partial charge in [0.2, 0.25) is 0 Å². The zero-order chi connectivity index (χ0) is 13.5. The number of carbonyl (C=O) groups excluding carboxylic acids is 1. The van der Waals surface area contributed by atoms with Crippen LogP contribution in [0.15, 0.2) is 30.1 Å². The number of ketones is 1. The maximum absolute atomic E-state index is 12.2. The van der Waals surface area contributed by atoms with Crippen LogP contribution < -0.4 is 4.74 Å². The van der Waals surface area contributed by atoms with Crippen LogP contribution in [0.2, 0.25) is 0 Å². The fourth-order valence-corrected chi connectivity index (χ4v) is 2.24. The SMILES string of the molecule is CCCOc1cncc(C(=O)CC2=CCCCC2)c1. The molecule has 0 aliphatic heterocycles. The van der Waals surface area contributed by atoms with Crippen LogP contribution in [0.25, 0.3) is 0 Å². The van der Waals surface area contributed by atoms with Crippen LogP contribution >= 0.6 is 0 Å². The minimum Gasteiger partial charge on any atom is -0.492 e. The molecule has 1 aromatic rings. The van der Waals surface area contributed by atoms with E-state index in [9.17, 15) is 4.79 Å². The van der Waals surface area contributed by atoms with Crippen molar-refractivity contribution in [2.24, 2.45) is 0 Å². The molecule has 0 amide bonds. The lowest BCUT2D eigenvalue weighted by Crippen LogP contribution is -2.05. The summed E-state index contributed by atoms with van der Waals surface area (Å²) in [5, 5.41) is 0. The molecule has 19 heavy (non-hydrogen) atoms. The van der Waals surface area contributed by atoms with E-state index in [1.165, 1.54) is 18.4 Å². The molecule has 0 radical (unpaired) electrons. The standard InChI is InChI=1S/C16H21NO2/c1-2-8-19-15-10-14(11-17-12-15)16(18)9-13-6-4-3-5-7-13/h6,10-12H,2-5,7-9H2,1H3. The zero-order valence-electron chi connectivity index (χ0n) is 11.5. The molecule has 1 aliphatic carbocycles. The molecule has 1 heterocycles. The Kier molecular flexibility index (Phi) is 5.13. The highest BCUT2D eigenvalue weighted by molar-refractivity contribution is 5.97. The summed E-state index contributed by atoms with van der Waals surface area (Å²) in [6.07, 6.45) is 11.6. The van der Waals surface area contributed by atoms with Crippen molar-refractivity contribution in [2.45, 2.75) is 45.4 Å². The Morgan fingerprint density at radius 3 is 3.00 bits per heavy atom. The zero-order valence-corrected chi connectivity index (χ0v) is 11.5. The van der Waals surface area contributed by atoms with E-state index in [-0.39, 0.29) is 5.78 Å². The van der Waals surface area contributed by atoms with Gasteiger partial charge in [0.15, 0.2) is 5.78 Å². The van der Waals surface area contributed by atoms with Crippen LogP contribution in [-0.2, 0) is 0 Å². The summed E-state index contributed by atoms with van der Waals surface area (Å²) in [5.41, 5.74) is 1.93. The van der Waals surface area contributed by atoms with Gasteiger partial charge in [-0.3, -0.25) is 9.78 Å². The molecule has 0 aromatic carbocycles. The molecule has 3 nitrogen and oxygen atoms in total. The molecule has 2 rings (SSSR count). The molecule has 102 valence electrons. The summed E-state index contributed by atoms with van der Waals surface area (Å²) in [6, 6.07) is 1.80. The first-order valence-corrected chi connectivity index (χ1v) is 7.08. The van der Waals surface area contributed by atoms with Crippen LogP contribution in [0.1, 0.15) is 55.8 Å². The van der Waals surface area contributed by atoms with E-state index < -0.39 is 0 Å². The lowest BCUT2D eigenvalue weighted by Gasteiger charge is -2.12. The van der Waals surface area contributed by atoms with Gasteiger partial charge in [-0.25, -0.2) is 0 Å². The number of hydrogen-bond acceptors (Lipinski definition) is 3. The van der Waals surface area contributed by atoms with Gasteiger partial charge in [0.25, 0.3) is 0 Å². The monoisotopic (exact) mass is 259 g/mol. The molecule has 0 atom stereocenters. The molecule has 0 N–H and O–H groups in total. The summed E-state index contributed by atoms with van der Waals surface area (Å²) in [5.74, 6) is 0.827. The van der Waals surface area contributed by atoms with Gasteiger partial charge in [-0.05, 0) is 38.2 Å². The number of Topliss-reactive ketones (excluding diaryl/α,β-unsaturated/α-hetero) is 1. The van der Waals surface area contributed by atoms with Crippen molar-refractivity contribution in [1.82, 2.24) is 4.98 Å². The van der Waals surface area contributed by atoms with Crippen LogP contribution in [0.3, 0.4) is 0 Å². The van der Waals surface area contributed by atoms with Gasteiger partial charge in [0, 0.05) is 18.2 Å². The average molecular weight is 259 g/mol. The van der Waals surface area contributed by atoms with Crippen molar-refractivity contribution in [2.75, 3.05) is 6.61 Å². The first-order chi connectivity index (χ1) is 9.29. The third-order valence-corrected chi connectivity index (χ3v) is 3.28. The summed E-state index contributed by atoms with van der Waals surface area (Å²) in [7, 11) is 0. The van der Waals surface area contributed by atoms with Gasteiger partial charge >= 0.3 is 0 Å². The van der Waals surface area contributed by atoms with Gasteiger partial charge < -0.3 is 4.74 Å². The predicted molar refractivity (Wildman–Crippen MR) is 75.5 cm³/mol. The molecular weight excluding hydrogens is 238 g/mol. The minimum absolute atomic E-state index is 0.141. The van der Waals surface area contributed by atoms with Crippen molar-refractivity contribution >= 4 is 5.78 Å². The maximum atomic E-state index is 12.2. The topological polar surface area (TPSA) is 39.2 Å². The van der Waals surface area contributed by atoms with Crippen molar-refractivity contribution in [3.63, 3.8) is 0 Å². The van der Waals surface area contributed by atoms with Gasteiger partial charge in [-0.1, -0.05) is 18.6 Å². The van der Waals surface area contributed by atoms with Gasteiger partial charge in [-0.15, -0.1) is 0 Å². The largest absolute Gasteiger partial charge is 0.492 e. The Balaban J connectivity index is 1.99. The molecule has 0 bridgehead atoms. The molecule has 0 spiro atoms. The molecule has 1 aromatic heterocycles. The number of nitrogens with zero attached hydrogens (tertiary/aromatic N) is 1. The number of rotatable bonds is 6. The van der Waals surface area contributed by atoms with E-state index in [0.29, 0.717) is 24.3 Å². The third kappa shape index (κ3) is 4.19. The van der Waals surface area contributed by atoms with Crippen LogP contribution in [0.5, 0.6) is 5.75 Å². The number of aromatic nitrogens is 1. The lowest BCUT2D eigenvalue weighted by molar-refractivity contribution is 0.0990. The lowest BCUT2D eigenvalue weighted by atomic mass is 9.94. The number of ether oxygens (including phenoxy) is 1. The minimum atomic E-state index is 0.141. The molecule has 0 saturated heterocycles. The van der Waals surface area contributed by atoms with Gasteiger partial charge in [-0.2, -0.15) is 0 Å². The van der Waals surface area contributed by atoms with E-state index in [4.69, 9.17) is 4.74 Å². The molecule has 0 fully saturated rings. The average Bonchev–Trinajstić information content (AvgIpc) is 2.46. The van der Waals surface area contributed by atoms with Gasteiger partial charge in [0.1, 0.15) is 5.75 Å². The molecule has 0 unspecified atom stereocenters. The fraction of sp³-hybridized carbons (Fsp3) is 0.500. The first kappa shape index (κ1) is 13.8. The number of carbonyl (C=O) groups is 1. The molecule has 0 saturated carbocycles. The molecule has 1 aliphatic rings. The van der Waals surface area contributed by atoms with Crippen molar-refractivity contribution in [3.8, 4) is 5.75 Å². The highest BCUT2D eigenvalue weighted by atomic mass is 16.5. The van der Waals surface area contributed by atoms with Crippen LogP contribution in [0, 0.1) is 0 Å². The Hall–Kier alpha value is -1.64. The van der Waals surface area contributed by atoms with E-state index in [2.05, 4.69) is 18.0 Å². The maximum Gasteiger partial charge on any atom is 0.168 e. The van der Waals surface area contributed by atoms with E-state index in [1.54, 1.807) is 18.5 Å². The van der Waals surface area contributed by atoms with E-state index >= 15 is 0 Å².